The average Bonchev–Trinajstić information content (AvgIpc) is 2.16. The first kappa shape index (κ1) is 11.7. The predicted octanol–water partition coefficient (Wildman–Crippen LogP) is 1.98. The number of aryl methyl sites for hydroxylation is 1. The maximum atomic E-state index is 11.4. The maximum Gasteiger partial charge on any atom is 0.339 e. The van der Waals surface area contributed by atoms with Gasteiger partial charge >= 0.3 is 5.97 Å². The number of esters is 1. The van der Waals surface area contributed by atoms with Crippen LogP contribution < -0.4 is 0 Å². The fraction of sp³-hybridized carbons (Fsp3) is 0.417. The fourth-order valence-corrected chi connectivity index (χ4v) is 1.32. The van der Waals surface area contributed by atoms with Crippen LogP contribution >= 0.6 is 0 Å². The van der Waals surface area contributed by atoms with Gasteiger partial charge in [-0.3, -0.25) is 0 Å². The zero-order valence-corrected chi connectivity index (χ0v) is 9.23. The first-order valence-corrected chi connectivity index (χ1v) is 4.96. The number of carbonyl (C=O) groups is 1. The van der Waals surface area contributed by atoms with Crippen molar-refractivity contribution in [1.29, 1.82) is 0 Å². The number of carbonyl (C=O) groups excluding carboxylic acids is 1. The molecule has 0 saturated heterocycles. The molecule has 82 valence electrons. The van der Waals surface area contributed by atoms with Gasteiger partial charge in [-0.05, 0) is 31.9 Å². The molecule has 3 nitrogen and oxygen atoms in total. The quantitative estimate of drug-likeness (QED) is 0.772. The van der Waals surface area contributed by atoms with Crippen LogP contribution in [0.2, 0.25) is 0 Å². The van der Waals surface area contributed by atoms with Crippen LogP contribution in [-0.4, -0.2) is 17.2 Å². The third kappa shape index (κ3) is 3.06. The van der Waals surface area contributed by atoms with Crippen molar-refractivity contribution >= 4 is 5.97 Å². The molecule has 0 bridgehead atoms. The molecule has 0 aliphatic rings. The van der Waals surface area contributed by atoms with E-state index in [2.05, 4.69) is 0 Å². The second kappa shape index (κ2) is 4.94. The van der Waals surface area contributed by atoms with Crippen molar-refractivity contribution in [2.24, 2.45) is 0 Å². The summed E-state index contributed by atoms with van der Waals surface area (Å²) in [7, 11) is 0. The second-order valence-corrected chi connectivity index (χ2v) is 3.74. The Labute approximate surface area is 89.7 Å². The minimum Gasteiger partial charge on any atom is -0.461 e. The summed E-state index contributed by atoms with van der Waals surface area (Å²) in [5, 5.41) is 9.74. The molecule has 1 aromatic carbocycles. The van der Waals surface area contributed by atoms with Crippen LogP contribution in [0.15, 0.2) is 24.3 Å². The van der Waals surface area contributed by atoms with E-state index >= 15 is 0 Å². The average molecular weight is 208 g/mol. The summed E-state index contributed by atoms with van der Waals surface area (Å²) >= 11 is 0. The zero-order valence-electron chi connectivity index (χ0n) is 9.23. The normalized spacial score (nSPS) is 12.6. The monoisotopic (exact) mass is 208 g/mol. The van der Waals surface area contributed by atoms with Crippen LogP contribution in [0, 0.1) is 6.92 Å². The standard InChI is InChI=1S/C12H16O3/c1-8(2)15-12(14)11(13)10-7-5-4-6-9(10)3/h4-8,11,13H,1-3H3/t11-/m0/s1. The van der Waals surface area contributed by atoms with Crippen LogP contribution in [0.1, 0.15) is 31.1 Å². The van der Waals surface area contributed by atoms with E-state index in [1.807, 2.05) is 19.1 Å². The summed E-state index contributed by atoms with van der Waals surface area (Å²) in [6, 6.07) is 7.22. The van der Waals surface area contributed by atoms with E-state index in [0.717, 1.165) is 5.56 Å². The number of hydrogen-bond acceptors (Lipinski definition) is 3. The highest BCUT2D eigenvalue weighted by Crippen LogP contribution is 2.18. The summed E-state index contributed by atoms with van der Waals surface area (Å²) in [4.78, 5) is 11.4. The highest BCUT2D eigenvalue weighted by molar-refractivity contribution is 5.76. The molecule has 0 saturated carbocycles. The number of benzene rings is 1. The van der Waals surface area contributed by atoms with Crippen LogP contribution in [0.4, 0.5) is 0 Å². The Balaban J connectivity index is 2.81. The van der Waals surface area contributed by atoms with Gasteiger partial charge in [0.05, 0.1) is 6.10 Å². The van der Waals surface area contributed by atoms with Gasteiger partial charge in [-0.15, -0.1) is 0 Å². The first-order valence-electron chi connectivity index (χ1n) is 4.96. The third-order valence-electron chi connectivity index (χ3n) is 2.06. The molecule has 1 atom stereocenters. The largest absolute Gasteiger partial charge is 0.461 e. The molecule has 1 N–H and O–H groups in total. The van der Waals surface area contributed by atoms with Gasteiger partial charge in [-0.2, -0.15) is 0 Å². The lowest BCUT2D eigenvalue weighted by Gasteiger charge is -2.14. The molecular weight excluding hydrogens is 192 g/mol. The van der Waals surface area contributed by atoms with Crippen LogP contribution in [-0.2, 0) is 9.53 Å². The van der Waals surface area contributed by atoms with E-state index < -0.39 is 12.1 Å². The Morgan fingerprint density at radius 2 is 1.93 bits per heavy atom. The fourth-order valence-electron chi connectivity index (χ4n) is 1.32. The maximum absolute atomic E-state index is 11.4. The second-order valence-electron chi connectivity index (χ2n) is 3.74. The van der Waals surface area contributed by atoms with Crippen LogP contribution in [0.3, 0.4) is 0 Å². The van der Waals surface area contributed by atoms with E-state index in [1.54, 1.807) is 26.0 Å². The van der Waals surface area contributed by atoms with E-state index in [4.69, 9.17) is 4.74 Å². The van der Waals surface area contributed by atoms with Crippen molar-refractivity contribution in [3.8, 4) is 0 Å². The molecule has 0 aliphatic carbocycles. The van der Waals surface area contributed by atoms with Gasteiger partial charge < -0.3 is 9.84 Å². The lowest BCUT2D eigenvalue weighted by molar-refractivity contribution is -0.157. The van der Waals surface area contributed by atoms with Gasteiger partial charge in [-0.1, -0.05) is 24.3 Å². The summed E-state index contributed by atoms with van der Waals surface area (Å²) < 4.78 is 4.93. The Bertz CT molecular complexity index is 344. The van der Waals surface area contributed by atoms with Crippen molar-refractivity contribution in [3.05, 3.63) is 35.4 Å². The summed E-state index contributed by atoms with van der Waals surface area (Å²) in [5.41, 5.74) is 1.48. The van der Waals surface area contributed by atoms with Gasteiger partial charge in [0, 0.05) is 0 Å². The Hall–Kier alpha value is -1.35. The number of aliphatic hydroxyl groups excluding tert-OH is 1. The van der Waals surface area contributed by atoms with Gasteiger partial charge in [0.2, 0.25) is 0 Å². The SMILES string of the molecule is Cc1ccccc1[C@H](O)C(=O)OC(C)C. The Kier molecular flexibility index (Phi) is 3.86. The van der Waals surface area contributed by atoms with Crippen molar-refractivity contribution in [3.63, 3.8) is 0 Å². The summed E-state index contributed by atoms with van der Waals surface area (Å²) in [6.07, 6.45) is -1.40. The van der Waals surface area contributed by atoms with Crippen LogP contribution in [0.25, 0.3) is 0 Å². The first-order chi connectivity index (χ1) is 7.02. The molecule has 0 aliphatic heterocycles. The van der Waals surface area contributed by atoms with Crippen molar-refractivity contribution in [2.45, 2.75) is 33.0 Å². The molecule has 1 rings (SSSR count). The number of aliphatic hydroxyl groups is 1. The van der Waals surface area contributed by atoms with E-state index in [1.165, 1.54) is 0 Å². The van der Waals surface area contributed by atoms with Gasteiger partial charge in [0.15, 0.2) is 6.10 Å². The topological polar surface area (TPSA) is 46.5 Å². The minimum atomic E-state index is -1.19. The highest BCUT2D eigenvalue weighted by atomic mass is 16.6. The third-order valence-corrected chi connectivity index (χ3v) is 2.06. The number of hydrogen-bond donors (Lipinski definition) is 1. The minimum absolute atomic E-state index is 0.212. The number of rotatable bonds is 3. The molecule has 0 fully saturated rings. The summed E-state index contributed by atoms with van der Waals surface area (Å²) in [6.45, 7) is 5.35. The van der Waals surface area contributed by atoms with E-state index in [9.17, 15) is 9.90 Å². The van der Waals surface area contributed by atoms with Crippen LogP contribution in [0.5, 0.6) is 0 Å². The smallest absolute Gasteiger partial charge is 0.339 e. The summed E-state index contributed by atoms with van der Waals surface area (Å²) in [5.74, 6) is -0.598. The van der Waals surface area contributed by atoms with Crippen molar-refractivity contribution < 1.29 is 14.6 Å². The highest BCUT2D eigenvalue weighted by Gasteiger charge is 2.21. The predicted molar refractivity (Wildman–Crippen MR) is 57.4 cm³/mol. The van der Waals surface area contributed by atoms with E-state index in [-0.39, 0.29) is 6.10 Å². The molecule has 0 radical (unpaired) electrons. The molecule has 15 heavy (non-hydrogen) atoms. The Morgan fingerprint density at radius 1 is 1.33 bits per heavy atom. The zero-order chi connectivity index (χ0) is 11.4. The van der Waals surface area contributed by atoms with Crippen molar-refractivity contribution in [1.82, 2.24) is 0 Å². The molecule has 0 heterocycles. The molecule has 0 spiro atoms. The molecule has 0 amide bonds. The Morgan fingerprint density at radius 3 is 2.47 bits per heavy atom. The van der Waals surface area contributed by atoms with Crippen molar-refractivity contribution in [2.75, 3.05) is 0 Å². The van der Waals surface area contributed by atoms with E-state index in [0.29, 0.717) is 5.56 Å². The molecule has 0 unspecified atom stereocenters. The molecule has 3 heteroatoms. The lowest BCUT2D eigenvalue weighted by Crippen LogP contribution is -2.19. The van der Waals surface area contributed by atoms with Gasteiger partial charge in [0.25, 0.3) is 0 Å². The molecule has 0 aromatic heterocycles. The molecular formula is C12H16O3. The van der Waals surface area contributed by atoms with Gasteiger partial charge in [-0.25, -0.2) is 4.79 Å². The number of ether oxygens (including phenoxy) is 1. The van der Waals surface area contributed by atoms with Gasteiger partial charge in [0.1, 0.15) is 0 Å². The molecule has 1 aromatic rings. The lowest BCUT2D eigenvalue weighted by atomic mass is 10.0.